The molecule has 7 nitrogen and oxygen atoms in total. The first-order valence-corrected chi connectivity index (χ1v) is 14.2. The molecule has 0 bridgehead atoms. The predicted molar refractivity (Wildman–Crippen MR) is 142 cm³/mol. The molecule has 198 valence electrons. The van der Waals surface area contributed by atoms with Crippen molar-refractivity contribution in [3.63, 3.8) is 0 Å². The molecule has 2 amide bonds. The fourth-order valence-electron chi connectivity index (χ4n) is 6.47. The zero-order valence-electron chi connectivity index (χ0n) is 21.4. The number of carbonyl (C=O) groups is 3. The maximum absolute atomic E-state index is 14.3. The molecular formula is C29H36N2O5S. The van der Waals surface area contributed by atoms with Crippen LogP contribution in [0.15, 0.2) is 54.6 Å². The highest BCUT2D eigenvalue weighted by atomic mass is 32.2. The summed E-state index contributed by atoms with van der Waals surface area (Å²) in [5.41, 5.74) is 1.04. The average Bonchev–Trinajstić information content (AvgIpc) is 3.20. The Balaban J connectivity index is 1.52. The van der Waals surface area contributed by atoms with E-state index in [1.165, 1.54) is 0 Å². The van der Waals surface area contributed by atoms with Crippen molar-refractivity contribution < 1.29 is 24.2 Å². The average molecular weight is 525 g/mol. The normalized spacial score (nSPS) is 32.9. The molecule has 0 saturated carbocycles. The van der Waals surface area contributed by atoms with E-state index < -0.39 is 27.4 Å². The third-order valence-electron chi connectivity index (χ3n) is 8.13. The summed E-state index contributed by atoms with van der Waals surface area (Å²) in [5.74, 6) is -1.84. The molecule has 1 aromatic carbocycles. The Kier molecular flexibility index (Phi) is 7.50. The lowest BCUT2D eigenvalue weighted by atomic mass is 9.74. The Morgan fingerprint density at radius 3 is 2.57 bits per heavy atom. The number of rotatable bonds is 8. The van der Waals surface area contributed by atoms with E-state index in [0.717, 1.165) is 31.2 Å². The van der Waals surface area contributed by atoms with Gasteiger partial charge in [0.2, 0.25) is 11.8 Å². The molecule has 5 atom stereocenters. The lowest BCUT2D eigenvalue weighted by Crippen LogP contribution is -2.53. The van der Waals surface area contributed by atoms with Crippen LogP contribution in [-0.2, 0) is 25.7 Å². The Morgan fingerprint density at radius 2 is 1.78 bits per heavy atom. The first kappa shape index (κ1) is 26.0. The van der Waals surface area contributed by atoms with E-state index >= 15 is 0 Å². The van der Waals surface area contributed by atoms with Crippen molar-refractivity contribution in [3.05, 3.63) is 60.2 Å². The zero-order valence-corrected chi connectivity index (χ0v) is 22.2. The third kappa shape index (κ3) is 4.63. The first-order chi connectivity index (χ1) is 17.9. The van der Waals surface area contributed by atoms with Crippen molar-refractivity contribution in [2.45, 2.75) is 61.1 Å². The number of unbranched alkanes of at least 4 members (excludes halogenated alkanes) is 3. The summed E-state index contributed by atoms with van der Waals surface area (Å²) in [7, 11) is 0. The molecule has 8 heteroatoms. The van der Waals surface area contributed by atoms with Crippen LogP contribution in [-0.4, -0.2) is 74.5 Å². The molecule has 4 aliphatic rings. The highest BCUT2D eigenvalue weighted by Gasteiger charge is 2.73. The smallest absolute Gasteiger partial charge is 0.311 e. The van der Waals surface area contributed by atoms with Gasteiger partial charge in [0.15, 0.2) is 0 Å². The molecule has 2 saturated heterocycles. The quantitative estimate of drug-likeness (QED) is 0.319. The summed E-state index contributed by atoms with van der Waals surface area (Å²) >= 11 is 1.59. The summed E-state index contributed by atoms with van der Waals surface area (Å²) in [6.45, 7) is 3.85. The Labute approximate surface area is 222 Å². The third-order valence-corrected chi connectivity index (χ3v) is 9.92. The minimum atomic E-state index is -0.835. The molecule has 1 spiro atoms. The number of nitrogens with zero attached hydrogens (tertiary/aromatic N) is 2. The zero-order chi connectivity index (χ0) is 26.0. The number of fused-ring (bicyclic) bond motifs is 2. The maximum Gasteiger partial charge on any atom is 0.311 e. The number of hydrogen-bond donors (Lipinski definition) is 1. The van der Waals surface area contributed by atoms with E-state index in [1.807, 2.05) is 54.3 Å². The number of carbonyl (C=O) groups excluding carboxylic acids is 3. The summed E-state index contributed by atoms with van der Waals surface area (Å²) in [6.07, 6.45) is 12.0. The van der Waals surface area contributed by atoms with Crippen molar-refractivity contribution in [2.75, 3.05) is 26.3 Å². The molecular weight excluding hydrogens is 488 g/mol. The van der Waals surface area contributed by atoms with Crippen LogP contribution in [0.5, 0.6) is 0 Å². The SMILES string of the molecule is C[C@]12C=CCCOC(=O)[C@H]1[C@H]1C(=O)N(CCCCCCO)C3C(=O)N(Cc4ccccc4)CC=C[C@@]31S2. The van der Waals surface area contributed by atoms with Crippen LogP contribution in [0.4, 0.5) is 0 Å². The molecule has 1 N–H and O–H groups in total. The number of benzene rings is 1. The van der Waals surface area contributed by atoms with E-state index in [-0.39, 0.29) is 24.4 Å². The van der Waals surface area contributed by atoms with E-state index in [4.69, 9.17) is 9.84 Å². The Bertz CT molecular complexity index is 1090. The van der Waals surface area contributed by atoms with Crippen LogP contribution in [0, 0.1) is 11.8 Å². The lowest BCUT2D eigenvalue weighted by Gasteiger charge is -2.37. The van der Waals surface area contributed by atoms with Crippen LogP contribution >= 0.6 is 11.8 Å². The summed E-state index contributed by atoms with van der Waals surface area (Å²) in [6, 6.07) is 9.22. The maximum atomic E-state index is 14.3. The molecule has 37 heavy (non-hydrogen) atoms. The van der Waals surface area contributed by atoms with Gasteiger partial charge >= 0.3 is 5.97 Å². The molecule has 1 unspecified atom stereocenters. The molecule has 4 heterocycles. The van der Waals surface area contributed by atoms with Crippen LogP contribution in [0.3, 0.4) is 0 Å². The number of aliphatic hydroxyl groups is 1. The van der Waals surface area contributed by atoms with Gasteiger partial charge in [-0.25, -0.2) is 0 Å². The molecule has 0 radical (unpaired) electrons. The fourth-order valence-corrected chi connectivity index (χ4v) is 8.62. The summed E-state index contributed by atoms with van der Waals surface area (Å²) in [4.78, 5) is 45.4. The lowest BCUT2D eigenvalue weighted by molar-refractivity contribution is -0.154. The van der Waals surface area contributed by atoms with Crippen LogP contribution in [0.1, 0.15) is 44.6 Å². The van der Waals surface area contributed by atoms with Gasteiger partial charge in [0.05, 0.1) is 23.2 Å². The van der Waals surface area contributed by atoms with Crippen molar-refractivity contribution >= 4 is 29.5 Å². The number of esters is 1. The molecule has 4 aliphatic heterocycles. The number of aliphatic hydroxyl groups excluding tert-OH is 1. The minimum Gasteiger partial charge on any atom is -0.465 e. The monoisotopic (exact) mass is 524 g/mol. The number of thioether (sulfide) groups is 1. The van der Waals surface area contributed by atoms with Crippen LogP contribution < -0.4 is 0 Å². The molecule has 1 aromatic rings. The summed E-state index contributed by atoms with van der Waals surface area (Å²) < 4.78 is 4.12. The number of cyclic esters (lactones) is 1. The molecule has 2 fully saturated rings. The Morgan fingerprint density at radius 1 is 1.00 bits per heavy atom. The molecule has 0 aromatic heterocycles. The highest BCUT2D eigenvalue weighted by Crippen LogP contribution is 2.65. The number of amides is 2. The van der Waals surface area contributed by atoms with Gasteiger partial charge in [-0.05, 0) is 31.7 Å². The van der Waals surface area contributed by atoms with Gasteiger partial charge in [0, 0.05) is 31.0 Å². The van der Waals surface area contributed by atoms with E-state index in [0.29, 0.717) is 32.7 Å². The highest BCUT2D eigenvalue weighted by molar-refractivity contribution is 8.02. The van der Waals surface area contributed by atoms with Gasteiger partial charge in [-0.2, -0.15) is 0 Å². The van der Waals surface area contributed by atoms with E-state index in [9.17, 15) is 14.4 Å². The largest absolute Gasteiger partial charge is 0.465 e. The first-order valence-electron chi connectivity index (χ1n) is 13.4. The van der Waals surface area contributed by atoms with Crippen molar-refractivity contribution in [3.8, 4) is 0 Å². The topological polar surface area (TPSA) is 87.1 Å². The van der Waals surface area contributed by atoms with Crippen LogP contribution in [0.2, 0.25) is 0 Å². The van der Waals surface area contributed by atoms with Gasteiger partial charge in [0.1, 0.15) is 6.04 Å². The van der Waals surface area contributed by atoms with E-state index in [2.05, 4.69) is 12.2 Å². The van der Waals surface area contributed by atoms with Crippen molar-refractivity contribution in [2.24, 2.45) is 11.8 Å². The van der Waals surface area contributed by atoms with Gasteiger partial charge < -0.3 is 19.6 Å². The van der Waals surface area contributed by atoms with Crippen molar-refractivity contribution in [1.82, 2.24) is 9.80 Å². The second kappa shape index (κ2) is 10.7. The van der Waals surface area contributed by atoms with Crippen LogP contribution in [0.25, 0.3) is 0 Å². The second-order valence-corrected chi connectivity index (χ2v) is 12.4. The van der Waals surface area contributed by atoms with E-state index in [1.54, 1.807) is 16.7 Å². The van der Waals surface area contributed by atoms with Gasteiger partial charge in [-0.1, -0.05) is 67.5 Å². The second-order valence-electron chi connectivity index (χ2n) is 10.6. The molecule has 0 aliphatic carbocycles. The summed E-state index contributed by atoms with van der Waals surface area (Å²) in [5, 5.41) is 9.13. The fraction of sp³-hybridized carbons (Fsp3) is 0.552. The number of likely N-dealkylation sites (tertiary alicyclic amines) is 1. The minimum absolute atomic E-state index is 0.0669. The van der Waals surface area contributed by atoms with Gasteiger partial charge in [-0.3, -0.25) is 14.4 Å². The van der Waals surface area contributed by atoms with Gasteiger partial charge in [0.25, 0.3) is 0 Å². The Hall–Kier alpha value is -2.58. The standard InChI is InChI=1S/C29H36N2O5S/c1-28-14-7-10-19-36-27(35)23(28)22-25(33)31(17-8-2-3-9-18-32)24-26(34)30(16-11-15-29(22,24)37-28)20-21-12-5-4-6-13-21/h4-7,11-15,22-24,32H,2-3,8-10,16-20H2,1H3/t22-,23+,24?,28-,29-/m0/s1. The van der Waals surface area contributed by atoms with Gasteiger partial charge in [-0.15, -0.1) is 11.8 Å². The number of ether oxygens (including phenoxy) is 1. The van der Waals surface area contributed by atoms with Crippen molar-refractivity contribution in [1.29, 1.82) is 0 Å². The predicted octanol–water partition coefficient (Wildman–Crippen LogP) is 3.33. The molecule has 5 rings (SSSR count). The number of hydrogen-bond acceptors (Lipinski definition) is 6.